The molecule has 0 amide bonds. The van der Waals surface area contributed by atoms with Crippen molar-refractivity contribution in [2.75, 3.05) is 12.4 Å². The Bertz CT molecular complexity index is 860. The van der Waals surface area contributed by atoms with E-state index in [4.69, 9.17) is 9.47 Å². The van der Waals surface area contributed by atoms with Crippen LogP contribution < -0.4 is 14.8 Å². The van der Waals surface area contributed by atoms with Gasteiger partial charge in [0.2, 0.25) is 0 Å². The molecule has 26 heavy (non-hydrogen) atoms. The van der Waals surface area contributed by atoms with Crippen LogP contribution in [0.15, 0.2) is 53.7 Å². The number of hydrogen-bond donors (Lipinski definition) is 1. The molecule has 0 unspecified atom stereocenters. The van der Waals surface area contributed by atoms with Crippen molar-refractivity contribution in [3.8, 4) is 11.5 Å². The molecule has 4 nitrogen and oxygen atoms in total. The highest BCUT2D eigenvalue weighted by Crippen LogP contribution is 2.35. The van der Waals surface area contributed by atoms with Crippen LogP contribution >= 0.6 is 0 Å². The van der Waals surface area contributed by atoms with Gasteiger partial charge in [-0.25, -0.2) is 0 Å². The zero-order valence-corrected chi connectivity index (χ0v) is 15.2. The molecule has 0 bridgehead atoms. The van der Waals surface area contributed by atoms with Gasteiger partial charge in [0.05, 0.1) is 7.11 Å². The molecular weight excluding hydrogens is 326 g/mol. The first-order valence-electron chi connectivity index (χ1n) is 9.05. The van der Waals surface area contributed by atoms with Crippen LogP contribution in [0.1, 0.15) is 30.9 Å². The first kappa shape index (κ1) is 16.7. The van der Waals surface area contributed by atoms with Crippen molar-refractivity contribution in [1.29, 1.82) is 0 Å². The number of methoxy groups -OCH3 is 1. The molecule has 0 saturated carbocycles. The van der Waals surface area contributed by atoms with Crippen LogP contribution in [0, 0.1) is 0 Å². The van der Waals surface area contributed by atoms with E-state index in [1.54, 1.807) is 7.11 Å². The van der Waals surface area contributed by atoms with Crippen molar-refractivity contribution in [3.63, 3.8) is 0 Å². The Kier molecular flexibility index (Phi) is 4.41. The number of allylic oxidation sites excluding steroid dienone is 2. The van der Waals surface area contributed by atoms with E-state index in [9.17, 15) is 4.79 Å². The molecule has 0 heterocycles. The van der Waals surface area contributed by atoms with Gasteiger partial charge in [0.1, 0.15) is 6.10 Å². The summed E-state index contributed by atoms with van der Waals surface area (Å²) in [4.78, 5) is 11.7. The lowest BCUT2D eigenvalue weighted by Gasteiger charge is -2.18. The Morgan fingerprint density at radius 1 is 1.00 bits per heavy atom. The average Bonchev–Trinajstić information content (AvgIpc) is 3.19. The van der Waals surface area contributed by atoms with Crippen molar-refractivity contribution in [1.82, 2.24) is 0 Å². The smallest absolute Gasteiger partial charge is 0.163 e. The SMILES string of the molecule is COc1ccc(NC2=C(C)C(=O)CC2)cc1OC1Cc2ccccc2C1. The summed E-state index contributed by atoms with van der Waals surface area (Å²) in [5, 5.41) is 3.38. The first-order chi connectivity index (χ1) is 12.6. The number of ether oxygens (including phenoxy) is 2. The second kappa shape index (κ2) is 6.87. The number of anilines is 1. The maximum Gasteiger partial charge on any atom is 0.163 e. The number of carbonyl (C=O) groups excluding carboxylic acids is 1. The molecule has 134 valence electrons. The maximum absolute atomic E-state index is 11.7. The molecule has 2 aromatic carbocycles. The second-order valence-corrected chi connectivity index (χ2v) is 6.93. The van der Waals surface area contributed by atoms with Crippen molar-refractivity contribution in [2.45, 2.75) is 38.7 Å². The summed E-state index contributed by atoms with van der Waals surface area (Å²) in [5.74, 6) is 1.68. The lowest BCUT2D eigenvalue weighted by Crippen LogP contribution is -2.17. The zero-order chi connectivity index (χ0) is 18.1. The van der Waals surface area contributed by atoms with Crippen LogP contribution in [-0.2, 0) is 17.6 Å². The van der Waals surface area contributed by atoms with Crippen LogP contribution in [0.5, 0.6) is 11.5 Å². The third-order valence-electron chi connectivity index (χ3n) is 5.24. The largest absolute Gasteiger partial charge is 0.493 e. The number of benzene rings is 2. The molecule has 2 aliphatic carbocycles. The standard InChI is InChI=1S/C22H23NO3/c1-14-19(8-9-20(14)24)23-17-7-10-21(25-2)22(13-17)26-18-11-15-5-3-4-6-16(15)12-18/h3-7,10,13,18,23H,8-9,11-12H2,1-2H3. The van der Waals surface area contributed by atoms with E-state index in [-0.39, 0.29) is 11.9 Å². The molecule has 4 heteroatoms. The number of hydrogen-bond acceptors (Lipinski definition) is 4. The normalized spacial score (nSPS) is 16.8. The summed E-state index contributed by atoms with van der Waals surface area (Å²) in [5.41, 5.74) is 5.46. The molecule has 1 N–H and O–H groups in total. The second-order valence-electron chi connectivity index (χ2n) is 6.93. The minimum Gasteiger partial charge on any atom is -0.493 e. The van der Waals surface area contributed by atoms with Gasteiger partial charge in [-0.3, -0.25) is 4.79 Å². The van der Waals surface area contributed by atoms with Crippen LogP contribution in [0.3, 0.4) is 0 Å². The fourth-order valence-electron chi connectivity index (χ4n) is 3.74. The van der Waals surface area contributed by atoms with Crippen LogP contribution in [0.25, 0.3) is 0 Å². The molecule has 0 atom stereocenters. The van der Waals surface area contributed by atoms with Gasteiger partial charge in [-0.05, 0) is 36.6 Å². The Balaban J connectivity index is 1.53. The predicted octanol–water partition coefficient (Wildman–Crippen LogP) is 4.29. The van der Waals surface area contributed by atoms with Crippen molar-refractivity contribution < 1.29 is 14.3 Å². The summed E-state index contributed by atoms with van der Waals surface area (Å²) >= 11 is 0. The van der Waals surface area contributed by atoms with Crippen LogP contribution in [0.2, 0.25) is 0 Å². The Morgan fingerprint density at radius 3 is 2.35 bits per heavy atom. The average molecular weight is 349 g/mol. The van der Waals surface area contributed by atoms with E-state index in [0.29, 0.717) is 6.42 Å². The van der Waals surface area contributed by atoms with E-state index in [1.807, 2.05) is 25.1 Å². The van der Waals surface area contributed by atoms with Gasteiger partial charge >= 0.3 is 0 Å². The summed E-state index contributed by atoms with van der Waals surface area (Å²) in [6, 6.07) is 14.3. The Labute approximate surface area is 153 Å². The molecular formula is C22H23NO3. The summed E-state index contributed by atoms with van der Waals surface area (Å²) in [6.07, 6.45) is 3.30. The number of ketones is 1. The zero-order valence-electron chi connectivity index (χ0n) is 15.2. The molecule has 2 aromatic rings. The summed E-state index contributed by atoms with van der Waals surface area (Å²) < 4.78 is 11.8. The minimum atomic E-state index is 0.116. The monoisotopic (exact) mass is 349 g/mol. The highest BCUT2D eigenvalue weighted by molar-refractivity contribution is 5.98. The topological polar surface area (TPSA) is 47.6 Å². The molecule has 0 aromatic heterocycles. The molecule has 4 rings (SSSR count). The van der Waals surface area contributed by atoms with Gasteiger partial charge in [-0.1, -0.05) is 24.3 Å². The van der Waals surface area contributed by atoms with E-state index in [1.165, 1.54) is 11.1 Å². The lowest BCUT2D eigenvalue weighted by atomic mass is 10.1. The fraction of sp³-hybridized carbons (Fsp3) is 0.318. The first-order valence-corrected chi connectivity index (χ1v) is 9.05. The number of rotatable bonds is 5. The molecule has 0 radical (unpaired) electrons. The maximum atomic E-state index is 11.7. The molecule has 0 aliphatic heterocycles. The number of carbonyl (C=O) groups is 1. The van der Waals surface area contributed by atoms with E-state index >= 15 is 0 Å². The van der Waals surface area contributed by atoms with E-state index in [2.05, 4.69) is 29.6 Å². The van der Waals surface area contributed by atoms with Crippen molar-refractivity contribution >= 4 is 11.5 Å². The van der Waals surface area contributed by atoms with Crippen molar-refractivity contribution in [3.05, 3.63) is 64.9 Å². The van der Waals surface area contributed by atoms with Gasteiger partial charge in [0.25, 0.3) is 0 Å². The van der Waals surface area contributed by atoms with Crippen LogP contribution in [-0.4, -0.2) is 19.0 Å². The highest BCUT2D eigenvalue weighted by Gasteiger charge is 2.24. The number of Topliss-reactive ketones (excluding diaryl/α,β-unsaturated/α-hetero) is 1. The Hall–Kier alpha value is -2.75. The molecule has 2 aliphatic rings. The number of fused-ring (bicyclic) bond motifs is 1. The van der Waals surface area contributed by atoms with E-state index in [0.717, 1.165) is 47.7 Å². The highest BCUT2D eigenvalue weighted by atomic mass is 16.5. The molecule has 0 spiro atoms. The van der Waals surface area contributed by atoms with Gasteiger partial charge in [-0.2, -0.15) is 0 Å². The molecule has 0 saturated heterocycles. The van der Waals surface area contributed by atoms with Gasteiger partial charge < -0.3 is 14.8 Å². The molecule has 0 fully saturated rings. The van der Waals surface area contributed by atoms with Crippen molar-refractivity contribution in [2.24, 2.45) is 0 Å². The quantitative estimate of drug-likeness (QED) is 0.875. The minimum absolute atomic E-state index is 0.116. The summed E-state index contributed by atoms with van der Waals surface area (Å²) in [7, 11) is 1.65. The number of nitrogens with one attached hydrogen (secondary N) is 1. The van der Waals surface area contributed by atoms with Gasteiger partial charge in [0, 0.05) is 42.3 Å². The fourth-order valence-corrected chi connectivity index (χ4v) is 3.74. The lowest BCUT2D eigenvalue weighted by molar-refractivity contribution is -0.114. The Morgan fingerprint density at radius 2 is 1.73 bits per heavy atom. The predicted molar refractivity (Wildman–Crippen MR) is 102 cm³/mol. The van der Waals surface area contributed by atoms with Crippen LogP contribution in [0.4, 0.5) is 5.69 Å². The van der Waals surface area contributed by atoms with Gasteiger partial charge in [-0.15, -0.1) is 0 Å². The third-order valence-corrected chi connectivity index (χ3v) is 5.24. The van der Waals surface area contributed by atoms with E-state index < -0.39 is 0 Å². The van der Waals surface area contributed by atoms with Gasteiger partial charge in [0.15, 0.2) is 17.3 Å². The summed E-state index contributed by atoms with van der Waals surface area (Å²) in [6.45, 7) is 1.88. The third kappa shape index (κ3) is 3.19.